The number of aromatic nitrogens is 7. The lowest BCUT2D eigenvalue weighted by Crippen LogP contribution is -2.30. The third-order valence-corrected chi connectivity index (χ3v) is 7.09. The van der Waals surface area contributed by atoms with Crippen LogP contribution in [0, 0.1) is 6.92 Å². The molecular formula is C26H22ClF3N8. The van der Waals surface area contributed by atoms with Crippen molar-refractivity contribution in [1.29, 1.82) is 0 Å². The first-order chi connectivity index (χ1) is 18.3. The number of nitrogens with zero attached hydrogens (tertiary/aromatic N) is 7. The fourth-order valence-electron chi connectivity index (χ4n) is 4.82. The maximum absolute atomic E-state index is 15.7. The average Bonchev–Trinajstić information content (AvgIpc) is 3.63. The van der Waals surface area contributed by atoms with Crippen LogP contribution in [0.25, 0.3) is 22.6 Å². The number of nitrogens with one attached hydrogen (secondary N) is 1. The van der Waals surface area contributed by atoms with Crippen LogP contribution in [0.1, 0.15) is 23.0 Å². The van der Waals surface area contributed by atoms with Gasteiger partial charge < -0.3 is 9.88 Å². The van der Waals surface area contributed by atoms with E-state index in [0.29, 0.717) is 11.5 Å². The first-order valence-corrected chi connectivity index (χ1v) is 12.2. The predicted molar refractivity (Wildman–Crippen MR) is 137 cm³/mol. The number of hydrogen-bond donors (Lipinski definition) is 1. The number of hydrogen-bond acceptors (Lipinski definition) is 5. The van der Waals surface area contributed by atoms with Crippen molar-refractivity contribution in [3.05, 3.63) is 83.0 Å². The van der Waals surface area contributed by atoms with Gasteiger partial charge in [-0.05, 0) is 36.2 Å². The van der Waals surface area contributed by atoms with E-state index in [1.807, 2.05) is 42.9 Å². The normalized spacial score (nSPS) is 14.8. The lowest BCUT2D eigenvalue weighted by molar-refractivity contribution is 0.0259. The molecule has 1 aliphatic rings. The van der Waals surface area contributed by atoms with Crippen molar-refractivity contribution in [2.45, 2.75) is 25.4 Å². The summed E-state index contributed by atoms with van der Waals surface area (Å²) in [5.41, 5.74) is 2.78. The highest BCUT2D eigenvalue weighted by molar-refractivity contribution is 6.31. The molecule has 0 radical (unpaired) electrons. The van der Waals surface area contributed by atoms with Gasteiger partial charge in [0.2, 0.25) is 5.82 Å². The smallest absolute Gasteiger partial charge is 0.333 e. The molecule has 0 spiro atoms. The number of aryl methyl sites for hydroxylation is 2. The fraction of sp³-hybridized carbons (Fsp3) is 0.231. The summed E-state index contributed by atoms with van der Waals surface area (Å²) in [7, 11) is 1.82. The topological polar surface area (TPSA) is 78.4 Å². The third-order valence-electron chi connectivity index (χ3n) is 6.76. The molecular weight excluding hydrogens is 517 g/mol. The summed E-state index contributed by atoms with van der Waals surface area (Å²) in [6, 6.07) is 10.3. The molecule has 0 amide bonds. The summed E-state index contributed by atoms with van der Waals surface area (Å²) in [4.78, 5) is 4.46. The van der Waals surface area contributed by atoms with Gasteiger partial charge in [0.25, 0.3) is 0 Å². The zero-order valence-corrected chi connectivity index (χ0v) is 21.2. The molecule has 5 heterocycles. The standard InChI is InChI=1S/C26H22ClF3N8/c1-15-12-31-22(33-23-7-8-32-36(23)2)10-18(15)16-9-21-24-34-35-25(38(24)17(11-28)14-37(21)13-16)26(29,30)19-5-3-4-6-20(19)27/h3-10,12-13,17H,11,14H2,1-2H3,(H,31,33)/t17-/m0/s1. The van der Waals surface area contributed by atoms with Crippen LogP contribution in [0.2, 0.25) is 5.02 Å². The van der Waals surface area contributed by atoms with E-state index >= 15 is 8.78 Å². The van der Waals surface area contributed by atoms with Crippen LogP contribution in [0.3, 0.4) is 0 Å². The second-order valence-electron chi connectivity index (χ2n) is 9.20. The van der Waals surface area contributed by atoms with Gasteiger partial charge in [0.05, 0.1) is 23.0 Å². The Balaban J connectivity index is 1.42. The largest absolute Gasteiger partial charge is 0.342 e. The summed E-state index contributed by atoms with van der Waals surface area (Å²) >= 11 is 6.08. The van der Waals surface area contributed by atoms with E-state index in [-0.39, 0.29) is 17.4 Å². The van der Waals surface area contributed by atoms with Crippen molar-refractivity contribution in [2.24, 2.45) is 7.05 Å². The van der Waals surface area contributed by atoms with Gasteiger partial charge in [0, 0.05) is 43.2 Å². The van der Waals surface area contributed by atoms with E-state index < -0.39 is 30.0 Å². The maximum atomic E-state index is 15.7. The lowest BCUT2D eigenvalue weighted by atomic mass is 10.0. The number of alkyl halides is 3. The highest BCUT2D eigenvalue weighted by Gasteiger charge is 2.44. The molecule has 1 aromatic carbocycles. The zero-order chi connectivity index (χ0) is 26.6. The number of halogens is 4. The predicted octanol–water partition coefficient (Wildman–Crippen LogP) is 5.91. The molecule has 0 saturated heterocycles. The van der Waals surface area contributed by atoms with Gasteiger partial charge in [-0.3, -0.25) is 9.25 Å². The monoisotopic (exact) mass is 538 g/mol. The van der Waals surface area contributed by atoms with Crippen LogP contribution in [0.15, 0.2) is 61.1 Å². The molecule has 1 atom stereocenters. The van der Waals surface area contributed by atoms with Gasteiger partial charge in [0.15, 0.2) is 5.82 Å². The van der Waals surface area contributed by atoms with Crippen molar-refractivity contribution < 1.29 is 13.2 Å². The Labute approximate surface area is 220 Å². The van der Waals surface area contributed by atoms with Crippen LogP contribution >= 0.6 is 11.6 Å². The minimum absolute atomic E-state index is 0.100. The van der Waals surface area contributed by atoms with E-state index in [1.165, 1.54) is 22.8 Å². The van der Waals surface area contributed by atoms with Crippen molar-refractivity contribution >= 4 is 23.2 Å². The quantitative estimate of drug-likeness (QED) is 0.291. The molecule has 0 aliphatic carbocycles. The number of rotatable bonds is 6. The molecule has 0 fully saturated rings. The molecule has 0 bridgehead atoms. The van der Waals surface area contributed by atoms with Gasteiger partial charge in [-0.25, -0.2) is 9.37 Å². The van der Waals surface area contributed by atoms with Crippen LogP contribution < -0.4 is 5.32 Å². The van der Waals surface area contributed by atoms with Crippen LogP contribution in [0.4, 0.5) is 24.8 Å². The van der Waals surface area contributed by atoms with E-state index in [2.05, 4.69) is 25.6 Å². The van der Waals surface area contributed by atoms with E-state index in [9.17, 15) is 4.39 Å². The zero-order valence-electron chi connectivity index (χ0n) is 20.4. The molecule has 1 N–H and O–H groups in total. The Morgan fingerprint density at radius 1 is 1.16 bits per heavy atom. The number of pyridine rings is 1. The molecule has 4 aromatic heterocycles. The maximum Gasteiger partial charge on any atom is 0.333 e. The van der Waals surface area contributed by atoms with Crippen LogP contribution in [0.5, 0.6) is 0 Å². The molecule has 0 unspecified atom stereocenters. The second-order valence-corrected chi connectivity index (χ2v) is 9.60. The molecule has 1 aliphatic heterocycles. The molecule has 5 aromatic rings. The highest BCUT2D eigenvalue weighted by atomic mass is 35.5. The van der Waals surface area contributed by atoms with E-state index in [0.717, 1.165) is 22.5 Å². The van der Waals surface area contributed by atoms with Crippen molar-refractivity contribution in [1.82, 2.24) is 34.1 Å². The highest BCUT2D eigenvalue weighted by Crippen LogP contribution is 2.43. The number of anilines is 2. The molecule has 12 heteroatoms. The number of fused-ring (bicyclic) bond motifs is 3. The lowest BCUT2D eigenvalue weighted by Gasteiger charge is -2.28. The fourth-order valence-corrected chi connectivity index (χ4v) is 5.07. The minimum atomic E-state index is -3.57. The summed E-state index contributed by atoms with van der Waals surface area (Å²) in [5.74, 6) is -2.64. The average molecular weight is 539 g/mol. The summed E-state index contributed by atoms with van der Waals surface area (Å²) < 4.78 is 50.3. The van der Waals surface area contributed by atoms with Crippen LogP contribution in [-0.4, -0.2) is 40.8 Å². The van der Waals surface area contributed by atoms with Gasteiger partial charge in [0.1, 0.15) is 18.3 Å². The summed E-state index contributed by atoms with van der Waals surface area (Å²) in [6.45, 7) is 1.21. The first kappa shape index (κ1) is 24.2. The van der Waals surface area contributed by atoms with Crippen molar-refractivity contribution in [2.75, 3.05) is 12.0 Å². The molecule has 38 heavy (non-hydrogen) atoms. The van der Waals surface area contributed by atoms with Gasteiger partial charge in [-0.1, -0.05) is 29.8 Å². The Morgan fingerprint density at radius 2 is 1.97 bits per heavy atom. The second kappa shape index (κ2) is 9.02. The van der Waals surface area contributed by atoms with Gasteiger partial charge in [-0.2, -0.15) is 13.9 Å². The van der Waals surface area contributed by atoms with Crippen LogP contribution in [-0.2, 0) is 19.5 Å². The Kier molecular flexibility index (Phi) is 5.75. The Morgan fingerprint density at radius 3 is 2.71 bits per heavy atom. The van der Waals surface area contributed by atoms with Crippen molar-refractivity contribution in [3.63, 3.8) is 0 Å². The summed E-state index contributed by atoms with van der Waals surface area (Å²) in [6.07, 6.45) is 5.30. The Bertz CT molecular complexity index is 1650. The van der Waals surface area contributed by atoms with Crippen molar-refractivity contribution in [3.8, 4) is 22.6 Å². The third kappa shape index (κ3) is 3.85. The van der Waals surface area contributed by atoms with Gasteiger partial charge in [-0.15, -0.1) is 10.2 Å². The molecule has 6 rings (SSSR count). The van der Waals surface area contributed by atoms with E-state index in [1.54, 1.807) is 23.1 Å². The minimum Gasteiger partial charge on any atom is -0.342 e. The van der Waals surface area contributed by atoms with E-state index in [4.69, 9.17) is 11.6 Å². The molecule has 0 saturated carbocycles. The number of benzene rings is 1. The summed E-state index contributed by atoms with van der Waals surface area (Å²) in [5, 5.41) is 15.2. The van der Waals surface area contributed by atoms with Gasteiger partial charge >= 0.3 is 5.92 Å². The first-order valence-electron chi connectivity index (χ1n) is 11.8. The Hall–Kier alpha value is -4.12. The SMILES string of the molecule is Cc1cnc(Nc2ccnn2C)cc1-c1cc2n(c1)C[C@H](CF)n1c-2nnc1C(F)(F)c1ccccc1Cl. The molecule has 8 nitrogen and oxygen atoms in total. The molecule has 194 valence electrons.